The van der Waals surface area contributed by atoms with Gasteiger partial charge in [0.2, 0.25) is 0 Å². The summed E-state index contributed by atoms with van der Waals surface area (Å²) in [4.78, 5) is 21.6. The molecule has 160 valence electrons. The second-order valence-electron chi connectivity index (χ2n) is 6.45. The van der Waals surface area contributed by atoms with Gasteiger partial charge in [-0.1, -0.05) is 6.07 Å². The van der Waals surface area contributed by atoms with Crippen LogP contribution in [0.5, 0.6) is 0 Å². The normalized spacial score (nSPS) is 11.0. The minimum absolute atomic E-state index is 0.320. The highest BCUT2D eigenvalue weighted by Crippen LogP contribution is 2.27. The number of aromatic amines is 1. The van der Waals surface area contributed by atoms with E-state index in [-0.39, 0.29) is 5.91 Å². The number of amides is 1. The first-order valence-electron chi connectivity index (χ1n) is 9.56. The van der Waals surface area contributed by atoms with Gasteiger partial charge in [-0.05, 0) is 12.1 Å². The van der Waals surface area contributed by atoms with Crippen LogP contribution < -0.4 is 5.32 Å². The van der Waals surface area contributed by atoms with Crippen LogP contribution in [0.3, 0.4) is 0 Å². The summed E-state index contributed by atoms with van der Waals surface area (Å²) in [6.45, 7) is 2.05. The minimum Gasteiger partial charge on any atom is -0.382 e. The van der Waals surface area contributed by atoms with Gasteiger partial charge in [0.1, 0.15) is 16.4 Å². The van der Waals surface area contributed by atoms with E-state index >= 15 is 0 Å². The van der Waals surface area contributed by atoms with Crippen molar-refractivity contribution in [2.24, 2.45) is 0 Å². The molecule has 0 bridgehead atoms. The molecule has 31 heavy (non-hydrogen) atoms. The molecule has 11 heteroatoms. The summed E-state index contributed by atoms with van der Waals surface area (Å²) in [6, 6.07) is 5.55. The third-order valence-electron chi connectivity index (χ3n) is 4.30. The molecule has 1 amide bonds. The van der Waals surface area contributed by atoms with E-state index in [0.29, 0.717) is 54.1 Å². The number of anilines is 1. The van der Waals surface area contributed by atoms with Crippen LogP contribution in [0.4, 0.5) is 5.69 Å². The lowest BCUT2D eigenvalue weighted by Gasteiger charge is -2.03. The van der Waals surface area contributed by atoms with Crippen molar-refractivity contribution in [2.75, 3.05) is 32.2 Å². The number of aromatic nitrogens is 6. The molecule has 4 aromatic rings. The number of nitrogens with one attached hydrogen (secondary N) is 2. The number of methoxy groups -OCH3 is 1. The maximum absolute atomic E-state index is 12.8. The van der Waals surface area contributed by atoms with Gasteiger partial charge in [0.15, 0.2) is 0 Å². The fraction of sp³-hybridized carbons (Fsp3) is 0.250. The van der Waals surface area contributed by atoms with E-state index in [1.165, 1.54) is 11.3 Å². The zero-order valence-electron chi connectivity index (χ0n) is 16.8. The summed E-state index contributed by atoms with van der Waals surface area (Å²) in [6.07, 6.45) is 6.85. The summed E-state index contributed by atoms with van der Waals surface area (Å²) in [7, 11) is 1.63. The zero-order valence-corrected chi connectivity index (χ0v) is 17.6. The van der Waals surface area contributed by atoms with Crippen LogP contribution in [-0.4, -0.2) is 62.8 Å². The average Bonchev–Trinajstić information content (AvgIpc) is 3.55. The van der Waals surface area contributed by atoms with Crippen LogP contribution in [0.2, 0.25) is 0 Å². The summed E-state index contributed by atoms with van der Waals surface area (Å²) in [5.74, 6) is -0.320. The molecule has 4 heterocycles. The maximum Gasteiger partial charge on any atom is 0.275 e. The number of nitrogens with zero attached hydrogens (tertiary/aromatic N) is 5. The molecule has 4 rings (SSSR count). The smallest absolute Gasteiger partial charge is 0.275 e. The fourth-order valence-corrected chi connectivity index (χ4v) is 3.57. The molecule has 0 aromatic carbocycles. The number of rotatable bonds is 10. The van der Waals surface area contributed by atoms with E-state index in [4.69, 9.17) is 9.47 Å². The SMILES string of the molecule is COCCOCCn1cc(NC(=O)c2csc(-c3cn[nH]c3)n2)c(-c2ccccn2)n1. The number of carbonyl (C=O) groups excluding carboxylic acids is 1. The predicted molar refractivity (Wildman–Crippen MR) is 116 cm³/mol. The van der Waals surface area contributed by atoms with Gasteiger partial charge in [-0.3, -0.25) is 19.6 Å². The van der Waals surface area contributed by atoms with Crippen molar-refractivity contribution in [1.29, 1.82) is 0 Å². The highest BCUT2D eigenvalue weighted by molar-refractivity contribution is 7.13. The molecule has 0 aliphatic carbocycles. The molecule has 0 aliphatic heterocycles. The molecule has 0 atom stereocenters. The minimum atomic E-state index is -0.320. The molecule has 0 aliphatic rings. The Kier molecular flexibility index (Phi) is 6.77. The summed E-state index contributed by atoms with van der Waals surface area (Å²) >= 11 is 1.38. The van der Waals surface area contributed by atoms with Crippen molar-refractivity contribution < 1.29 is 14.3 Å². The van der Waals surface area contributed by atoms with Crippen LogP contribution in [0, 0.1) is 0 Å². The van der Waals surface area contributed by atoms with Crippen LogP contribution in [0.15, 0.2) is 48.4 Å². The lowest BCUT2D eigenvalue weighted by molar-refractivity contribution is 0.0654. The Hall–Kier alpha value is -3.41. The number of hydrogen-bond acceptors (Lipinski definition) is 8. The molecule has 10 nitrogen and oxygen atoms in total. The molecular weight excluding hydrogens is 418 g/mol. The number of H-pyrrole nitrogens is 1. The third kappa shape index (κ3) is 5.20. The van der Waals surface area contributed by atoms with E-state index in [0.717, 1.165) is 5.56 Å². The highest BCUT2D eigenvalue weighted by atomic mass is 32.1. The number of thiazole rings is 1. The van der Waals surface area contributed by atoms with Crippen molar-refractivity contribution >= 4 is 22.9 Å². The molecule has 0 spiro atoms. The molecule has 0 fully saturated rings. The van der Waals surface area contributed by atoms with Gasteiger partial charge in [0.05, 0.1) is 43.9 Å². The molecule has 0 unspecified atom stereocenters. The Labute approximate surface area is 182 Å². The summed E-state index contributed by atoms with van der Waals surface area (Å²) < 4.78 is 12.2. The molecule has 0 saturated heterocycles. The second kappa shape index (κ2) is 10.1. The van der Waals surface area contributed by atoms with Crippen LogP contribution in [0.25, 0.3) is 22.0 Å². The van der Waals surface area contributed by atoms with E-state index in [2.05, 4.69) is 30.6 Å². The van der Waals surface area contributed by atoms with Gasteiger partial charge in [0, 0.05) is 36.6 Å². The average molecular weight is 440 g/mol. The van der Waals surface area contributed by atoms with Crippen molar-refractivity contribution in [3.05, 3.63) is 54.1 Å². The zero-order chi connectivity index (χ0) is 21.5. The fourth-order valence-electron chi connectivity index (χ4n) is 2.79. The highest BCUT2D eigenvalue weighted by Gasteiger charge is 2.18. The number of hydrogen-bond donors (Lipinski definition) is 2. The van der Waals surface area contributed by atoms with Crippen molar-refractivity contribution in [3.8, 4) is 22.0 Å². The van der Waals surface area contributed by atoms with Gasteiger partial charge in [-0.15, -0.1) is 11.3 Å². The van der Waals surface area contributed by atoms with Crippen molar-refractivity contribution in [3.63, 3.8) is 0 Å². The van der Waals surface area contributed by atoms with E-state index in [1.54, 1.807) is 42.0 Å². The number of pyridine rings is 1. The quantitative estimate of drug-likeness (QED) is 0.365. The standard InChI is InChI=1S/C20H21N7O3S/c1-29-8-9-30-7-6-27-12-16(18(26-27)15-4-2-3-5-21-15)24-19(28)17-13-31-20(25-17)14-10-22-23-11-14/h2-5,10-13H,6-9H2,1H3,(H,22,23)(H,24,28). The van der Waals surface area contributed by atoms with E-state index in [9.17, 15) is 4.79 Å². The lowest BCUT2D eigenvalue weighted by Crippen LogP contribution is -2.12. The van der Waals surface area contributed by atoms with Gasteiger partial charge in [-0.25, -0.2) is 4.98 Å². The van der Waals surface area contributed by atoms with Gasteiger partial charge < -0.3 is 14.8 Å². The second-order valence-corrected chi connectivity index (χ2v) is 7.31. The summed E-state index contributed by atoms with van der Waals surface area (Å²) in [5, 5.41) is 16.6. The van der Waals surface area contributed by atoms with E-state index in [1.807, 2.05) is 18.2 Å². The Morgan fingerprint density at radius 2 is 2.23 bits per heavy atom. The Morgan fingerprint density at radius 1 is 1.29 bits per heavy atom. The largest absolute Gasteiger partial charge is 0.382 e. The van der Waals surface area contributed by atoms with Gasteiger partial charge in [0.25, 0.3) is 5.91 Å². The first kappa shape index (κ1) is 20.8. The molecule has 2 N–H and O–H groups in total. The van der Waals surface area contributed by atoms with Crippen molar-refractivity contribution in [2.45, 2.75) is 6.54 Å². The Balaban J connectivity index is 1.51. The van der Waals surface area contributed by atoms with E-state index < -0.39 is 0 Å². The number of ether oxygens (including phenoxy) is 2. The molecular formula is C20H21N7O3S. The molecule has 4 aromatic heterocycles. The van der Waals surface area contributed by atoms with Crippen LogP contribution in [0.1, 0.15) is 10.5 Å². The Morgan fingerprint density at radius 3 is 3.00 bits per heavy atom. The van der Waals surface area contributed by atoms with Crippen LogP contribution in [-0.2, 0) is 16.0 Å². The topological polar surface area (TPSA) is 120 Å². The maximum atomic E-state index is 12.8. The molecule has 0 radical (unpaired) electrons. The predicted octanol–water partition coefficient (Wildman–Crippen LogP) is 2.71. The van der Waals surface area contributed by atoms with Gasteiger partial charge in [-0.2, -0.15) is 10.2 Å². The third-order valence-corrected chi connectivity index (χ3v) is 5.19. The van der Waals surface area contributed by atoms with Crippen LogP contribution >= 0.6 is 11.3 Å². The number of carbonyl (C=O) groups is 1. The van der Waals surface area contributed by atoms with Crippen molar-refractivity contribution in [1.82, 2.24) is 29.9 Å². The first-order chi connectivity index (χ1) is 15.2. The van der Waals surface area contributed by atoms with Gasteiger partial charge >= 0.3 is 0 Å². The first-order valence-corrected chi connectivity index (χ1v) is 10.4. The summed E-state index contributed by atoms with van der Waals surface area (Å²) in [5.41, 5.74) is 2.95. The Bertz CT molecular complexity index is 1110. The monoisotopic (exact) mass is 439 g/mol. The molecule has 0 saturated carbocycles. The lowest BCUT2D eigenvalue weighted by atomic mass is 10.2.